The van der Waals surface area contributed by atoms with Gasteiger partial charge in [-0.05, 0) is 56.2 Å². The van der Waals surface area contributed by atoms with Crippen molar-refractivity contribution in [1.82, 2.24) is 0 Å². The Morgan fingerprint density at radius 1 is 0.828 bits per heavy atom. The van der Waals surface area contributed by atoms with Crippen LogP contribution in [0.15, 0.2) is 70.5 Å². The molecule has 0 radical (unpaired) electrons. The van der Waals surface area contributed by atoms with Gasteiger partial charge in [-0.1, -0.05) is 48.5 Å². The van der Waals surface area contributed by atoms with Crippen molar-refractivity contribution in [2.45, 2.75) is 38.9 Å². The summed E-state index contributed by atoms with van der Waals surface area (Å²) in [6.45, 7) is 8.30. The minimum atomic E-state index is -0.377. The molecule has 0 N–H and O–H groups in total. The molecule has 5 rings (SSSR count). The molecule has 146 valence electrons. The van der Waals surface area contributed by atoms with Gasteiger partial charge in [0.1, 0.15) is 11.3 Å². The van der Waals surface area contributed by atoms with Gasteiger partial charge in [0, 0.05) is 10.9 Å². The minimum absolute atomic E-state index is 0.357. The van der Waals surface area contributed by atoms with Crippen LogP contribution in [0, 0.1) is 0 Å². The summed E-state index contributed by atoms with van der Waals surface area (Å²) in [5.74, 6) is 0.907. The number of hydrogen-bond acceptors (Lipinski definition) is 4. The molecule has 0 atom stereocenters. The molecular weight excluding hydrogens is 379 g/mol. The number of furan rings is 1. The molecule has 4 aromatic rings. The van der Waals surface area contributed by atoms with E-state index < -0.39 is 0 Å². The van der Waals surface area contributed by atoms with E-state index in [0.717, 1.165) is 38.2 Å². The molecule has 0 bridgehead atoms. The Balaban J connectivity index is 1.56. The van der Waals surface area contributed by atoms with Gasteiger partial charge in [0.2, 0.25) is 0 Å². The van der Waals surface area contributed by atoms with Crippen LogP contribution in [0.25, 0.3) is 32.7 Å². The summed E-state index contributed by atoms with van der Waals surface area (Å²) < 4.78 is 18.8. The lowest BCUT2D eigenvalue weighted by molar-refractivity contribution is 0.00578. The Morgan fingerprint density at radius 2 is 1.59 bits per heavy atom. The fourth-order valence-corrected chi connectivity index (χ4v) is 4.34. The largest absolute Gasteiger partial charge is 0.494 e. The normalized spacial score (nSPS) is 17.9. The fraction of sp³-hybridized carbons (Fsp3) is 0.250. The summed E-state index contributed by atoms with van der Waals surface area (Å²) in [5.41, 5.74) is 3.37. The van der Waals surface area contributed by atoms with Gasteiger partial charge in [0.25, 0.3) is 0 Å². The third-order valence-electron chi connectivity index (χ3n) is 6.03. The third kappa shape index (κ3) is 3.14. The zero-order chi connectivity index (χ0) is 20.2. The molecule has 3 nitrogen and oxygen atoms in total. The van der Waals surface area contributed by atoms with Crippen LogP contribution in [0.4, 0.5) is 0 Å². The Kier molecular flexibility index (Phi) is 4.25. The van der Waals surface area contributed by atoms with Gasteiger partial charge >= 0.3 is 7.12 Å². The maximum Gasteiger partial charge on any atom is 0.494 e. The first-order valence-electron chi connectivity index (χ1n) is 9.86. The van der Waals surface area contributed by atoms with E-state index in [0.29, 0.717) is 0 Å². The molecule has 0 aliphatic carbocycles. The maximum absolute atomic E-state index is 6.28. The highest BCUT2D eigenvalue weighted by atomic mass is 32.1. The molecule has 1 aliphatic heterocycles. The lowest BCUT2D eigenvalue weighted by Gasteiger charge is -2.32. The van der Waals surface area contributed by atoms with Crippen molar-refractivity contribution < 1.29 is 13.7 Å². The van der Waals surface area contributed by atoms with Crippen LogP contribution in [0.2, 0.25) is 0 Å². The smallest absolute Gasteiger partial charge is 0.455 e. The molecule has 1 saturated heterocycles. The summed E-state index contributed by atoms with van der Waals surface area (Å²) in [6.07, 6.45) is 0. The molecule has 0 amide bonds. The molecule has 5 heteroatoms. The van der Waals surface area contributed by atoms with Crippen LogP contribution < -0.4 is 5.46 Å². The van der Waals surface area contributed by atoms with Crippen LogP contribution >= 0.6 is 11.3 Å². The molecule has 1 fully saturated rings. The van der Waals surface area contributed by atoms with Crippen LogP contribution in [-0.2, 0) is 9.31 Å². The highest BCUT2D eigenvalue weighted by Gasteiger charge is 2.51. The van der Waals surface area contributed by atoms with Crippen molar-refractivity contribution in [3.63, 3.8) is 0 Å². The average molecular weight is 402 g/mol. The van der Waals surface area contributed by atoms with Crippen molar-refractivity contribution >= 4 is 34.9 Å². The van der Waals surface area contributed by atoms with Crippen molar-refractivity contribution in [3.05, 3.63) is 66.0 Å². The van der Waals surface area contributed by atoms with E-state index in [1.54, 1.807) is 11.3 Å². The molecule has 0 unspecified atom stereocenters. The monoisotopic (exact) mass is 402 g/mol. The number of benzene rings is 2. The molecule has 29 heavy (non-hydrogen) atoms. The van der Waals surface area contributed by atoms with E-state index >= 15 is 0 Å². The van der Waals surface area contributed by atoms with Gasteiger partial charge in [-0.25, -0.2) is 0 Å². The minimum Gasteiger partial charge on any atom is -0.455 e. The fourth-order valence-electron chi connectivity index (χ4n) is 3.66. The standard InChI is InChI=1S/C24H23BO3S/c1-23(2)24(3,4)28-25(27-23)18-10-5-8-16(14-18)19-11-6-9-17-15-20(26-22(17)19)21-12-7-13-29-21/h5-15H,1-4H3. The predicted molar refractivity (Wildman–Crippen MR) is 121 cm³/mol. The van der Waals surface area contributed by atoms with Gasteiger partial charge in [-0.15, -0.1) is 11.3 Å². The highest BCUT2D eigenvalue weighted by molar-refractivity contribution is 7.13. The quantitative estimate of drug-likeness (QED) is 0.387. The van der Waals surface area contributed by atoms with Crippen LogP contribution in [0.1, 0.15) is 27.7 Å². The number of thiophene rings is 1. The number of para-hydroxylation sites is 1. The van der Waals surface area contributed by atoms with Crippen molar-refractivity contribution in [3.8, 4) is 21.8 Å². The Labute approximate surface area is 175 Å². The van der Waals surface area contributed by atoms with E-state index in [2.05, 4.69) is 87.7 Å². The number of hydrogen-bond donors (Lipinski definition) is 0. The first-order valence-corrected chi connectivity index (χ1v) is 10.7. The van der Waals surface area contributed by atoms with Gasteiger partial charge in [-0.3, -0.25) is 0 Å². The average Bonchev–Trinajstić information content (AvgIpc) is 3.39. The zero-order valence-corrected chi connectivity index (χ0v) is 17.9. The van der Waals surface area contributed by atoms with Crippen molar-refractivity contribution in [2.24, 2.45) is 0 Å². The third-order valence-corrected chi connectivity index (χ3v) is 6.92. The zero-order valence-electron chi connectivity index (χ0n) is 17.1. The summed E-state index contributed by atoms with van der Waals surface area (Å²) in [6, 6.07) is 20.9. The lowest BCUT2D eigenvalue weighted by Crippen LogP contribution is -2.41. The maximum atomic E-state index is 6.28. The summed E-state index contributed by atoms with van der Waals surface area (Å²) >= 11 is 1.68. The first kappa shape index (κ1) is 18.7. The van der Waals surface area contributed by atoms with Gasteiger partial charge in [0.15, 0.2) is 0 Å². The SMILES string of the molecule is CC1(C)OB(c2cccc(-c3cccc4cc(-c5cccs5)oc34)c2)OC1(C)C. The summed E-state index contributed by atoms with van der Waals surface area (Å²) in [4.78, 5) is 1.14. The van der Waals surface area contributed by atoms with Crippen LogP contribution in [0.3, 0.4) is 0 Å². The van der Waals surface area contributed by atoms with Gasteiger partial charge in [-0.2, -0.15) is 0 Å². The number of rotatable bonds is 3. The van der Waals surface area contributed by atoms with Gasteiger partial charge in [0.05, 0.1) is 16.1 Å². The topological polar surface area (TPSA) is 31.6 Å². The highest BCUT2D eigenvalue weighted by Crippen LogP contribution is 2.38. The second kappa shape index (κ2) is 6.59. The molecule has 0 spiro atoms. The lowest BCUT2D eigenvalue weighted by atomic mass is 9.78. The number of fused-ring (bicyclic) bond motifs is 1. The molecule has 2 aromatic carbocycles. The molecule has 1 aliphatic rings. The summed E-state index contributed by atoms with van der Waals surface area (Å²) in [5, 5.41) is 3.17. The van der Waals surface area contributed by atoms with Crippen molar-refractivity contribution in [2.75, 3.05) is 0 Å². The molecule has 0 saturated carbocycles. The Bertz CT molecular complexity index is 1160. The van der Waals surface area contributed by atoms with Crippen LogP contribution in [0.5, 0.6) is 0 Å². The Morgan fingerprint density at radius 3 is 2.31 bits per heavy atom. The van der Waals surface area contributed by atoms with Gasteiger partial charge < -0.3 is 13.7 Å². The van der Waals surface area contributed by atoms with E-state index in [1.165, 1.54) is 0 Å². The van der Waals surface area contributed by atoms with E-state index in [9.17, 15) is 0 Å². The molecular formula is C24H23BO3S. The molecule has 3 heterocycles. The first-order chi connectivity index (χ1) is 13.8. The molecule has 2 aromatic heterocycles. The second-order valence-electron chi connectivity index (χ2n) is 8.53. The predicted octanol–water partition coefficient (Wildman–Crippen LogP) is 6.13. The second-order valence-corrected chi connectivity index (χ2v) is 9.47. The Hall–Kier alpha value is -2.34. The van der Waals surface area contributed by atoms with Crippen LogP contribution in [-0.4, -0.2) is 18.3 Å². The van der Waals surface area contributed by atoms with E-state index in [4.69, 9.17) is 13.7 Å². The van der Waals surface area contributed by atoms with Crippen molar-refractivity contribution in [1.29, 1.82) is 0 Å². The summed E-state index contributed by atoms with van der Waals surface area (Å²) in [7, 11) is -0.377. The van der Waals surface area contributed by atoms with E-state index in [-0.39, 0.29) is 18.3 Å². The van der Waals surface area contributed by atoms with E-state index in [1.807, 2.05) is 6.07 Å².